The highest BCUT2D eigenvalue weighted by atomic mass is 79.9. The number of nitrogens with two attached hydrogens (primary N) is 1. The van der Waals surface area contributed by atoms with Gasteiger partial charge in [-0.1, -0.05) is 12.1 Å². The van der Waals surface area contributed by atoms with Gasteiger partial charge in [0.1, 0.15) is 0 Å². The summed E-state index contributed by atoms with van der Waals surface area (Å²) in [6.45, 7) is 5.00. The predicted octanol–water partition coefficient (Wildman–Crippen LogP) is 2.99. The molecule has 1 rings (SSSR count). The fraction of sp³-hybridized carbons (Fsp3) is 0.273. The summed E-state index contributed by atoms with van der Waals surface area (Å²) in [6, 6.07) is 6.31. The highest BCUT2D eigenvalue weighted by Gasteiger charge is 2.09. The van der Waals surface area contributed by atoms with Crippen LogP contribution in [0.5, 0.6) is 0 Å². The van der Waals surface area contributed by atoms with Gasteiger partial charge >= 0.3 is 0 Å². The molecule has 0 fully saturated rings. The molecule has 0 amide bonds. The number of nitrogens with one attached hydrogen (secondary N) is 1. The number of benzene rings is 1. The molecule has 0 bridgehead atoms. The van der Waals surface area contributed by atoms with Gasteiger partial charge in [0.25, 0.3) is 0 Å². The Balaban J connectivity index is 2.82. The van der Waals surface area contributed by atoms with Gasteiger partial charge in [-0.2, -0.15) is 0 Å². The summed E-state index contributed by atoms with van der Waals surface area (Å²) in [5, 5.41) is 3.30. The van der Waals surface area contributed by atoms with Crippen LogP contribution < -0.4 is 11.1 Å². The van der Waals surface area contributed by atoms with Crippen LogP contribution in [0.25, 0.3) is 0 Å². The summed E-state index contributed by atoms with van der Waals surface area (Å²) >= 11 is 6.91. The van der Waals surface area contributed by atoms with Crippen molar-refractivity contribution in [1.29, 1.82) is 0 Å². The molecule has 0 heterocycles. The third-order valence-electron chi connectivity index (χ3n) is 2.09. The minimum atomic E-state index is 0.174. The molecule has 1 aromatic rings. The summed E-state index contributed by atoms with van der Waals surface area (Å²) in [6.07, 6.45) is 1.83. The predicted molar refractivity (Wildman–Crippen MR) is 71.8 cm³/mol. The second kappa shape index (κ2) is 6.43. The maximum Gasteiger partial charge on any atom is 0.0447 e. The first kappa shape index (κ1) is 12.9. The van der Waals surface area contributed by atoms with E-state index in [1.807, 2.05) is 12.1 Å². The van der Waals surface area contributed by atoms with E-state index in [4.69, 9.17) is 5.73 Å². The van der Waals surface area contributed by atoms with Gasteiger partial charge in [-0.05, 0) is 49.6 Å². The van der Waals surface area contributed by atoms with Gasteiger partial charge in [-0.25, -0.2) is 0 Å². The molecule has 0 saturated carbocycles. The Hall–Kier alpha value is -0.160. The Bertz CT molecular complexity index is 339. The average molecular weight is 334 g/mol. The van der Waals surface area contributed by atoms with Gasteiger partial charge in [0.15, 0.2) is 0 Å². The average Bonchev–Trinajstić information content (AvgIpc) is 2.24. The van der Waals surface area contributed by atoms with E-state index in [1.165, 1.54) is 5.56 Å². The molecular formula is C11H14Br2N2. The van der Waals surface area contributed by atoms with Crippen molar-refractivity contribution in [3.8, 4) is 0 Å². The minimum absolute atomic E-state index is 0.174. The van der Waals surface area contributed by atoms with Gasteiger partial charge in [-0.3, -0.25) is 0 Å². The number of hydrogen-bond acceptors (Lipinski definition) is 2. The second-order valence-electron chi connectivity index (χ2n) is 3.16. The molecule has 0 aliphatic heterocycles. The van der Waals surface area contributed by atoms with E-state index in [0.717, 1.165) is 15.5 Å². The first-order chi connectivity index (χ1) is 7.19. The van der Waals surface area contributed by atoms with Crippen molar-refractivity contribution in [3.63, 3.8) is 0 Å². The Kier molecular flexibility index (Phi) is 5.53. The lowest BCUT2D eigenvalue weighted by atomic mass is 10.1. The first-order valence-electron chi connectivity index (χ1n) is 4.68. The lowest BCUT2D eigenvalue weighted by molar-refractivity contribution is 0.577. The van der Waals surface area contributed by atoms with Crippen LogP contribution in [-0.4, -0.2) is 13.1 Å². The van der Waals surface area contributed by atoms with Crippen molar-refractivity contribution < 1.29 is 0 Å². The summed E-state index contributed by atoms with van der Waals surface area (Å²) in [5.74, 6) is 0. The third kappa shape index (κ3) is 3.72. The Morgan fingerprint density at radius 1 is 1.40 bits per heavy atom. The molecule has 4 heteroatoms. The summed E-state index contributed by atoms with van der Waals surface area (Å²) in [4.78, 5) is 0. The normalized spacial score (nSPS) is 12.5. The SMILES string of the molecule is C=CCNC(CN)c1ccc(Br)c(Br)c1. The molecule has 2 nitrogen and oxygen atoms in total. The number of rotatable bonds is 5. The van der Waals surface area contributed by atoms with Crippen LogP contribution in [0, 0.1) is 0 Å². The molecular weight excluding hydrogens is 320 g/mol. The van der Waals surface area contributed by atoms with Gasteiger partial charge in [0.2, 0.25) is 0 Å². The van der Waals surface area contributed by atoms with Crippen LogP contribution in [0.15, 0.2) is 39.8 Å². The summed E-state index contributed by atoms with van der Waals surface area (Å²) in [7, 11) is 0. The fourth-order valence-corrected chi connectivity index (χ4v) is 1.94. The number of hydrogen-bond donors (Lipinski definition) is 2. The molecule has 15 heavy (non-hydrogen) atoms. The van der Waals surface area contributed by atoms with Crippen molar-refractivity contribution in [2.24, 2.45) is 5.73 Å². The Labute approximate surface area is 107 Å². The zero-order valence-electron chi connectivity index (χ0n) is 8.34. The summed E-state index contributed by atoms with van der Waals surface area (Å²) in [5.41, 5.74) is 6.89. The molecule has 1 atom stereocenters. The van der Waals surface area contributed by atoms with E-state index in [9.17, 15) is 0 Å². The van der Waals surface area contributed by atoms with Crippen LogP contribution in [0.3, 0.4) is 0 Å². The number of halogens is 2. The second-order valence-corrected chi connectivity index (χ2v) is 4.87. The molecule has 1 aromatic carbocycles. The van der Waals surface area contributed by atoms with E-state index in [0.29, 0.717) is 6.54 Å². The van der Waals surface area contributed by atoms with Crippen molar-refractivity contribution in [1.82, 2.24) is 5.32 Å². The van der Waals surface area contributed by atoms with Gasteiger partial charge in [0.05, 0.1) is 0 Å². The van der Waals surface area contributed by atoms with Crippen LogP contribution in [0.4, 0.5) is 0 Å². The molecule has 0 radical (unpaired) electrons. The molecule has 3 N–H and O–H groups in total. The topological polar surface area (TPSA) is 38.0 Å². The minimum Gasteiger partial charge on any atom is -0.329 e. The quantitative estimate of drug-likeness (QED) is 0.813. The van der Waals surface area contributed by atoms with E-state index in [1.54, 1.807) is 0 Å². The largest absolute Gasteiger partial charge is 0.329 e. The Morgan fingerprint density at radius 2 is 2.13 bits per heavy atom. The molecule has 82 valence electrons. The molecule has 0 aromatic heterocycles. The van der Waals surface area contributed by atoms with Gasteiger partial charge in [-0.15, -0.1) is 6.58 Å². The smallest absolute Gasteiger partial charge is 0.0447 e. The molecule has 0 aliphatic rings. The molecule has 0 saturated heterocycles. The fourth-order valence-electron chi connectivity index (χ4n) is 1.29. The zero-order chi connectivity index (χ0) is 11.3. The van der Waals surface area contributed by atoms with Crippen molar-refractivity contribution in [2.45, 2.75) is 6.04 Å². The highest BCUT2D eigenvalue weighted by Crippen LogP contribution is 2.26. The molecule has 0 aliphatic carbocycles. The monoisotopic (exact) mass is 332 g/mol. The van der Waals surface area contributed by atoms with E-state index in [-0.39, 0.29) is 6.04 Å². The maximum atomic E-state index is 5.71. The lowest BCUT2D eigenvalue weighted by Crippen LogP contribution is -2.28. The summed E-state index contributed by atoms with van der Waals surface area (Å²) < 4.78 is 2.09. The van der Waals surface area contributed by atoms with Crippen LogP contribution in [-0.2, 0) is 0 Å². The molecule has 1 unspecified atom stereocenters. The lowest BCUT2D eigenvalue weighted by Gasteiger charge is -2.16. The highest BCUT2D eigenvalue weighted by molar-refractivity contribution is 9.13. The molecule has 0 spiro atoms. The van der Waals surface area contributed by atoms with E-state index >= 15 is 0 Å². The van der Waals surface area contributed by atoms with Gasteiger partial charge < -0.3 is 11.1 Å². The van der Waals surface area contributed by atoms with Crippen LogP contribution in [0.1, 0.15) is 11.6 Å². The van der Waals surface area contributed by atoms with Crippen molar-refractivity contribution in [2.75, 3.05) is 13.1 Å². The van der Waals surface area contributed by atoms with E-state index in [2.05, 4.69) is 55.9 Å². The standard InChI is InChI=1S/C11H14Br2N2/c1-2-5-15-11(7-14)8-3-4-9(12)10(13)6-8/h2-4,6,11,15H,1,5,7,14H2. The van der Waals surface area contributed by atoms with Crippen LogP contribution >= 0.6 is 31.9 Å². The Morgan fingerprint density at radius 3 is 2.67 bits per heavy atom. The van der Waals surface area contributed by atoms with Crippen LogP contribution in [0.2, 0.25) is 0 Å². The van der Waals surface area contributed by atoms with E-state index < -0.39 is 0 Å². The maximum absolute atomic E-state index is 5.71. The van der Waals surface area contributed by atoms with Crippen molar-refractivity contribution in [3.05, 3.63) is 45.4 Å². The van der Waals surface area contributed by atoms with Crippen molar-refractivity contribution >= 4 is 31.9 Å². The van der Waals surface area contributed by atoms with Gasteiger partial charge in [0, 0.05) is 28.1 Å². The third-order valence-corrected chi connectivity index (χ3v) is 3.97. The first-order valence-corrected chi connectivity index (χ1v) is 6.27. The zero-order valence-corrected chi connectivity index (χ0v) is 11.5.